The van der Waals surface area contributed by atoms with Gasteiger partial charge in [-0.1, -0.05) is 343 Å². The predicted molar refractivity (Wildman–Crippen MR) is 382 cm³/mol. The predicted octanol–water partition coefficient (Wildman–Crippen LogP) is 22.1. The molecule has 0 heterocycles. The van der Waals surface area contributed by atoms with Crippen molar-refractivity contribution in [3.05, 3.63) is 0 Å². The number of phosphoric ester groups is 2. The van der Waals surface area contributed by atoms with E-state index >= 15 is 0 Å². The van der Waals surface area contributed by atoms with E-state index in [2.05, 4.69) is 34.6 Å². The van der Waals surface area contributed by atoms with Gasteiger partial charge in [-0.05, 0) is 31.6 Å². The van der Waals surface area contributed by atoms with E-state index in [0.717, 1.165) is 109 Å². The second kappa shape index (κ2) is 68.2. The lowest BCUT2D eigenvalue weighted by Crippen LogP contribution is -2.30. The van der Waals surface area contributed by atoms with Gasteiger partial charge in [-0.2, -0.15) is 0 Å². The Kier molecular flexibility index (Phi) is 66.8. The van der Waals surface area contributed by atoms with Crippen molar-refractivity contribution in [1.29, 1.82) is 0 Å². The number of aliphatic hydroxyl groups excluding tert-OH is 1. The molecule has 2 unspecified atom stereocenters. The summed E-state index contributed by atoms with van der Waals surface area (Å²) in [5.74, 6) is -1.33. The second-order valence-electron chi connectivity index (χ2n) is 27.5. The number of carbonyl (C=O) groups excluding carboxylic acids is 4. The van der Waals surface area contributed by atoms with Crippen molar-refractivity contribution >= 4 is 39.5 Å². The molecule has 0 rings (SSSR count). The molecule has 19 heteroatoms. The molecule has 0 saturated heterocycles. The highest BCUT2D eigenvalue weighted by molar-refractivity contribution is 7.47. The van der Waals surface area contributed by atoms with Crippen LogP contribution in [0, 0.1) is 5.92 Å². The molecule has 17 nitrogen and oxygen atoms in total. The molecular weight excluding hydrogens is 1230 g/mol. The van der Waals surface area contributed by atoms with Gasteiger partial charge in [0, 0.05) is 25.7 Å². The maximum absolute atomic E-state index is 13.1. The Bertz CT molecular complexity index is 1810. The average Bonchev–Trinajstić information content (AvgIpc) is 1.97. The van der Waals surface area contributed by atoms with Crippen LogP contribution in [0.4, 0.5) is 0 Å². The maximum Gasteiger partial charge on any atom is 0.472 e. The average molecular weight is 1380 g/mol. The monoisotopic (exact) mass is 1380 g/mol. The number of hydrogen-bond acceptors (Lipinski definition) is 15. The topological polar surface area (TPSA) is 237 Å². The second-order valence-corrected chi connectivity index (χ2v) is 30.4. The van der Waals surface area contributed by atoms with Crippen LogP contribution < -0.4 is 0 Å². The van der Waals surface area contributed by atoms with Crippen molar-refractivity contribution in [3.63, 3.8) is 0 Å². The molecule has 0 amide bonds. The maximum atomic E-state index is 13.1. The highest BCUT2D eigenvalue weighted by atomic mass is 31.2. The molecule has 0 fully saturated rings. The molecule has 0 aliphatic rings. The number of unbranched alkanes of at least 4 members (excludes halogenated alkanes) is 47. The smallest absolute Gasteiger partial charge is 0.462 e. The third-order valence-electron chi connectivity index (χ3n) is 17.5. The van der Waals surface area contributed by atoms with E-state index in [0.29, 0.717) is 25.7 Å². The summed E-state index contributed by atoms with van der Waals surface area (Å²) in [6.07, 6.45) is 57.2. The summed E-state index contributed by atoms with van der Waals surface area (Å²) in [7, 11) is -9.90. The van der Waals surface area contributed by atoms with E-state index in [1.54, 1.807) is 0 Å². The van der Waals surface area contributed by atoms with Crippen LogP contribution in [-0.2, 0) is 65.4 Å². The molecule has 0 aromatic heterocycles. The van der Waals surface area contributed by atoms with Crippen LogP contribution in [0.15, 0.2) is 0 Å². The standard InChI is InChI=1S/C75H146O17P2/c1-6-9-12-15-18-21-22-23-24-25-26-27-28-29-30-31-34-38-41-46-51-56-61-75(80)92-71(65-86-73(78)59-54-49-45-40-37-35-32-33-36-39-42-47-52-57-68(4)5)67-90-94(83,84)88-63-69(76)62-87-93(81,82)89-66-70(91-74(79)60-55-50-44-20-17-14-11-8-3)64-85-72(77)58-53-48-43-19-16-13-10-7-2/h68-71,76H,6-67H2,1-5H3,(H,81,82)(H,83,84)/t69-,70+,71+/m0/s1. The Balaban J connectivity index is 5.13. The van der Waals surface area contributed by atoms with Crippen LogP contribution in [0.5, 0.6) is 0 Å². The summed E-state index contributed by atoms with van der Waals surface area (Å²) in [5.41, 5.74) is 0. The van der Waals surface area contributed by atoms with Gasteiger partial charge in [-0.25, -0.2) is 9.13 Å². The van der Waals surface area contributed by atoms with E-state index in [4.69, 9.17) is 37.0 Å². The van der Waals surface area contributed by atoms with E-state index in [9.17, 15) is 43.2 Å². The van der Waals surface area contributed by atoms with Gasteiger partial charge in [0.1, 0.15) is 19.3 Å². The van der Waals surface area contributed by atoms with E-state index < -0.39 is 97.5 Å². The van der Waals surface area contributed by atoms with Crippen molar-refractivity contribution in [2.24, 2.45) is 5.92 Å². The Morgan fingerprint density at radius 2 is 0.489 bits per heavy atom. The molecule has 94 heavy (non-hydrogen) atoms. The van der Waals surface area contributed by atoms with Gasteiger partial charge in [-0.3, -0.25) is 37.3 Å². The van der Waals surface area contributed by atoms with Crippen molar-refractivity contribution in [2.45, 2.75) is 412 Å². The lowest BCUT2D eigenvalue weighted by atomic mass is 10.0. The SMILES string of the molecule is CCCCCCCCCCCCCCCCCCCCCCCCC(=O)O[C@H](COC(=O)CCCCCCCCCCCCCCCC(C)C)COP(=O)(O)OC[C@@H](O)COP(=O)(O)OC[C@@H](COC(=O)CCCCCCCCCC)OC(=O)CCCCCCCCCC. The molecule has 0 radical (unpaired) electrons. The van der Waals surface area contributed by atoms with Crippen LogP contribution in [-0.4, -0.2) is 96.7 Å². The minimum atomic E-state index is -4.95. The third kappa shape index (κ3) is 68.6. The quantitative estimate of drug-likeness (QED) is 0.0222. The van der Waals surface area contributed by atoms with Crippen LogP contribution in [0.2, 0.25) is 0 Å². The number of rotatable bonds is 75. The van der Waals surface area contributed by atoms with Gasteiger partial charge in [0.2, 0.25) is 0 Å². The molecule has 0 aromatic rings. The van der Waals surface area contributed by atoms with Crippen LogP contribution in [0.3, 0.4) is 0 Å². The summed E-state index contributed by atoms with van der Waals surface area (Å²) >= 11 is 0. The lowest BCUT2D eigenvalue weighted by Gasteiger charge is -2.21. The zero-order valence-corrected chi connectivity index (χ0v) is 62.9. The van der Waals surface area contributed by atoms with Crippen molar-refractivity contribution < 1.29 is 80.2 Å². The summed E-state index contributed by atoms with van der Waals surface area (Å²) in [5, 5.41) is 10.6. The highest BCUT2D eigenvalue weighted by Crippen LogP contribution is 2.45. The summed E-state index contributed by atoms with van der Waals surface area (Å²) < 4.78 is 68.3. The summed E-state index contributed by atoms with van der Waals surface area (Å²) in [4.78, 5) is 72.5. The van der Waals surface area contributed by atoms with Crippen LogP contribution >= 0.6 is 15.6 Å². The van der Waals surface area contributed by atoms with Gasteiger partial charge < -0.3 is 33.8 Å². The molecule has 0 aliphatic heterocycles. The number of phosphoric acid groups is 2. The Labute approximate surface area is 575 Å². The lowest BCUT2D eigenvalue weighted by molar-refractivity contribution is -0.161. The van der Waals surface area contributed by atoms with E-state index in [-0.39, 0.29) is 25.7 Å². The third-order valence-corrected chi connectivity index (χ3v) is 19.4. The first kappa shape index (κ1) is 92.1. The number of carbonyl (C=O) groups is 4. The van der Waals surface area contributed by atoms with Gasteiger partial charge in [0.25, 0.3) is 0 Å². The van der Waals surface area contributed by atoms with Gasteiger partial charge in [0.05, 0.1) is 26.4 Å². The molecular formula is C75H146O17P2. The summed E-state index contributed by atoms with van der Waals surface area (Å²) in [6.45, 7) is 7.24. The molecule has 0 spiro atoms. The molecule has 558 valence electrons. The zero-order valence-electron chi connectivity index (χ0n) is 61.1. The fourth-order valence-corrected chi connectivity index (χ4v) is 13.1. The first-order valence-electron chi connectivity index (χ1n) is 39.1. The number of ether oxygens (including phenoxy) is 4. The van der Waals surface area contributed by atoms with E-state index in [1.807, 2.05) is 0 Å². The minimum Gasteiger partial charge on any atom is -0.462 e. The Morgan fingerprint density at radius 1 is 0.287 bits per heavy atom. The van der Waals surface area contributed by atoms with Gasteiger partial charge in [-0.15, -0.1) is 0 Å². The summed E-state index contributed by atoms with van der Waals surface area (Å²) in [6, 6.07) is 0. The fraction of sp³-hybridized carbons (Fsp3) is 0.947. The fourth-order valence-electron chi connectivity index (χ4n) is 11.5. The first-order chi connectivity index (χ1) is 45.5. The number of esters is 4. The Morgan fingerprint density at radius 3 is 0.723 bits per heavy atom. The molecule has 5 atom stereocenters. The Hall–Kier alpha value is -1.94. The molecule has 3 N–H and O–H groups in total. The first-order valence-corrected chi connectivity index (χ1v) is 42.1. The normalized spacial score (nSPS) is 14.0. The number of aliphatic hydroxyl groups is 1. The molecule has 0 aromatic carbocycles. The highest BCUT2D eigenvalue weighted by Gasteiger charge is 2.30. The molecule has 0 saturated carbocycles. The minimum absolute atomic E-state index is 0.105. The van der Waals surface area contributed by atoms with Crippen molar-refractivity contribution in [2.75, 3.05) is 39.6 Å². The van der Waals surface area contributed by atoms with E-state index in [1.165, 1.54) is 205 Å². The number of hydrogen-bond donors (Lipinski definition) is 3. The van der Waals surface area contributed by atoms with Crippen LogP contribution in [0.25, 0.3) is 0 Å². The molecule has 0 bridgehead atoms. The zero-order chi connectivity index (χ0) is 69.1. The van der Waals surface area contributed by atoms with Crippen molar-refractivity contribution in [1.82, 2.24) is 0 Å². The van der Waals surface area contributed by atoms with Crippen molar-refractivity contribution in [3.8, 4) is 0 Å². The van der Waals surface area contributed by atoms with Gasteiger partial charge in [0.15, 0.2) is 12.2 Å². The van der Waals surface area contributed by atoms with Gasteiger partial charge >= 0.3 is 39.5 Å². The largest absolute Gasteiger partial charge is 0.472 e. The molecule has 0 aliphatic carbocycles. The van der Waals surface area contributed by atoms with Crippen LogP contribution in [0.1, 0.15) is 394 Å².